The summed E-state index contributed by atoms with van der Waals surface area (Å²) in [5.41, 5.74) is 3.09. The van der Waals surface area contributed by atoms with Gasteiger partial charge >= 0.3 is 0 Å². The molecule has 5 aromatic rings. The first-order chi connectivity index (χ1) is 16.0. The van der Waals surface area contributed by atoms with E-state index in [9.17, 15) is 4.79 Å². The molecule has 4 heterocycles. The molecule has 9 heteroatoms. The Morgan fingerprint density at radius 1 is 1.06 bits per heavy atom. The van der Waals surface area contributed by atoms with Gasteiger partial charge < -0.3 is 4.74 Å². The molecule has 0 atom stereocenters. The van der Waals surface area contributed by atoms with Crippen LogP contribution in [-0.4, -0.2) is 31.3 Å². The molecule has 7 nitrogen and oxygen atoms in total. The molecule has 0 aliphatic carbocycles. The molecule has 0 unspecified atom stereocenters. The quantitative estimate of drug-likeness (QED) is 0.325. The van der Waals surface area contributed by atoms with Gasteiger partial charge in [0.25, 0.3) is 5.56 Å². The molecule has 33 heavy (non-hydrogen) atoms. The lowest BCUT2D eigenvalue weighted by Crippen LogP contribution is -2.15. The first-order valence-electron chi connectivity index (χ1n) is 10.3. The van der Waals surface area contributed by atoms with Crippen molar-refractivity contribution in [2.75, 3.05) is 7.11 Å². The average Bonchev–Trinajstić information content (AvgIpc) is 3.44. The second-order valence-corrected chi connectivity index (χ2v) is 9.76. The maximum Gasteiger partial charge on any atom is 0.258 e. The second-order valence-electron chi connectivity index (χ2n) is 7.53. The highest BCUT2D eigenvalue weighted by Gasteiger charge is 2.20. The molecule has 0 aliphatic heterocycles. The number of hydrogen-bond acceptors (Lipinski definition) is 7. The Balaban J connectivity index is 1.55. The van der Waals surface area contributed by atoms with Gasteiger partial charge in [0.1, 0.15) is 11.4 Å². The molecule has 0 aliphatic rings. The summed E-state index contributed by atoms with van der Waals surface area (Å²) in [6, 6.07) is 17.3. The lowest BCUT2D eigenvalue weighted by molar-refractivity contribution is 0.412. The number of pyridine rings is 1. The van der Waals surface area contributed by atoms with Crippen molar-refractivity contribution >= 4 is 28.7 Å². The van der Waals surface area contributed by atoms with Gasteiger partial charge in [0, 0.05) is 22.9 Å². The van der Waals surface area contributed by atoms with Gasteiger partial charge in [-0.05, 0) is 49.7 Å². The van der Waals surface area contributed by atoms with E-state index in [-0.39, 0.29) is 5.56 Å². The monoisotopic (exact) mass is 475 g/mol. The van der Waals surface area contributed by atoms with Crippen LogP contribution in [0.25, 0.3) is 22.0 Å². The molecule has 0 bridgehead atoms. The van der Waals surface area contributed by atoms with Gasteiger partial charge in [-0.25, -0.2) is 4.98 Å². The number of fused-ring (bicyclic) bond motifs is 1. The standard InChI is InChI=1S/C24H21N5O2S2/c1-15-8-11-21-25-17(12-22(30)28(21)13-15)14-32-24-27-26-23(20-10-9-16(2)33-20)29(24)18-6-4-5-7-19(18)31-3/h4-13H,14H2,1-3H3. The maximum atomic E-state index is 12.6. The smallest absolute Gasteiger partial charge is 0.258 e. The summed E-state index contributed by atoms with van der Waals surface area (Å²) in [6.45, 7) is 4.02. The summed E-state index contributed by atoms with van der Waals surface area (Å²) in [6.07, 6.45) is 1.80. The van der Waals surface area contributed by atoms with Crippen molar-refractivity contribution in [3.8, 4) is 22.1 Å². The second kappa shape index (κ2) is 8.84. The van der Waals surface area contributed by atoms with Gasteiger partial charge in [0.2, 0.25) is 0 Å². The lowest BCUT2D eigenvalue weighted by Gasteiger charge is -2.13. The SMILES string of the molecule is COc1ccccc1-n1c(SCc2cc(=O)n3cc(C)ccc3n2)nnc1-c1ccc(C)s1. The average molecular weight is 476 g/mol. The number of benzene rings is 1. The van der Waals surface area contributed by atoms with Crippen LogP contribution in [0.3, 0.4) is 0 Å². The Kier molecular flexibility index (Phi) is 5.74. The summed E-state index contributed by atoms with van der Waals surface area (Å²) in [7, 11) is 1.65. The van der Waals surface area contributed by atoms with E-state index >= 15 is 0 Å². The predicted molar refractivity (Wildman–Crippen MR) is 132 cm³/mol. The Bertz CT molecular complexity index is 1520. The Hall–Kier alpha value is -3.43. The fourth-order valence-electron chi connectivity index (χ4n) is 3.58. The molecule has 0 amide bonds. The predicted octanol–water partition coefficient (Wildman–Crippen LogP) is 4.92. The van der Waals surface area contributed by atoms with Crippen LogP contribution >= 0.6 is 23.1 Å². The third-order valence-electron chi connectivity index (χ3n) is 5.13. The van der Waals surface area contributed by atoms with Crippen LogP contribution in [0.2, 0.25) is 0 Å². The lowest BCUT2D eigenvalue weighted by atomic mass is 10.3. The van der Waals surface area contributed by atoms with Crippen LogP contribution in [-0.2, 0) is 5.75 Å². The number of nitrogens with zero attached hydrogens (tertiary/aromatic N) is 5. The van der Waals surface area contributed by atoms with Crippen LogP contribution < -0.4 is 10.3 Å². The number of para-hydroxylation sites is 2. The summed E-state index contributed by atoms with van der Waals surface area (Å²) >= 11 is 3.15. The molecule has 166 valence electrons. The van der Waals surface area contributed by atoms with E-state index in [4.69, 9.17) is 4.74 Å². The van der Waals surface area contributed by atoms with E-state index in [1.807, 2.05) is 47.9 Å². The van der Waals surface area contributed by atoms with Gasteiger partial charge in [-0.2, -0.15) is 0 Å². The molecule has 0 N–H and O–H groups in total. The Morgan fingerprint density at radius 2 is 1.91 bits per heavy atom. The molecule has 0 saturated carbocycles. The number of thioether (sulfide) groups is 1. The molecule has 1 aromatic carbocycles. The number of ether oxygens (including phenoxy) is 1. The van der Waals surface area contributed by atoms with Crippen molar-refractivity contribution in [2.24, 2.45) is 0 Å². The normalized spacial score (nSPS) is 11.2. The minimum Gasteiger partial charge on any atom is -0.495 e. The third-order valence-corrected chi connectivity index (χ3v) is 7.09. The molecular formula is C24H21N5O2S2. The van der Waals surface area contributed by atoms with Gasteiger partial charge in [-0.1, -0.05) is 30.0 Å². The fourth-order valence-corrected chi connectivity index (χ4v) is 5.26. The fraction of sp³-hybridized carbons (Fsp3) is 0.167. The topological polar surface area (TPSA) is 74.3 Å². The summed E-state index contributed by atoms with van der Waals surface area (Å²) in [5.74, 6) is 1.96. The van der Waals surface area contributed by atoms with Crippen LogP contribution in [0.15, 0.2) is 70.7 Å². The van der Waals surface area contributed by atoms with Crippen molar-refractivity contribution in [1.29, 1.82) is 0 Å². The summed E-state index contributed by atoms with van der Waals surface area (Å²) < 4.78 is 9.19. The zero-order valence-electron chi connectivity index (χ0n) is 18.3. The van der Waals surface area contributed by atoms with E-state index in [1.165, 1.54) is 16.6 Å². The van der Waals surface area contributed by atoms with Crippen LogP contribution in [0, 0.1) is 13.8 Å². The Labute approximate surface area is 198 Å². The van der Waals surface area contributed by atoms with Crippen LogP contribution in [0.1, 0.15) is 16.1 Å². The summed E-state index contributed by atoms with van der Waals surface area (Å²) in [4.78, 5) is 19.5. The molecular weight excluding hydrogens is 454 g/mol. The van der Waals surface area contributed by atoms with Crippen LogP contribution in [0.5, 0.6) is 5.75 Å². The molecule has 5 rings (SSSR count). The number of aromatic nitrogens is 5. The van der Waals surface area contributed by atoms with E-state index in [0.29, 0.717) is 22.3 Å². The zero-order chi connectivity index (χ0) is 22.9. The maximum absolute atomic E-state index is 12.6. The van der Waals surface area contributed by atoms with Gasteiger partial charge in [0.15, 0.2) is 11.0 Å². The van der Waals surface area contributed by atoms with Crippen molar-refractivity contribution < 1.29 is 4.74 Å². The van der Waals surface area contributed by atoms with Crippen LogP contribution in [0.4, 0.5) is 0 Å². The number of aryl methyl sites for hydroxylation is 2. The first kappa shape index (κ1) is 21.4. The number of methoxy groups -OCH3 is 1. The van der Waals surface area contributed by atoms with Gasteiger partial charge in [-0.3, -0.25) is 13.8 Å². The largest absolute Gasteiger partial charge is 0.495 e. The van der Waals surface area contributed by atoms with Crippen molar-refractivity contribution in [2.45, 2.75) is 24.8 Å². The zero-order valence-corrected chi connectivity index (χ0v) is 20.0. The van der Waals surface area contributed by atoms with Gasteiger partial charge in [0.05, 0.1) is 23.4 Å². The number of thiophene rings is 1. The number of rotatable bonds is 6. The van der Waals surface area contributed by atoms with Crippen molar-refractivity contribution in [3.63, 3.8) is 0 Å². The molecule has 4 aromatic heterocycles. The molecule has 0 spiro atoms. The van der Waals surface area contributed by atoms with Gasteiger partial charge in [-0.15, -0.1) is 21.5 Å². The number of hydrogen-bond donors (Lipinski definition) is 0. The van der Waals surface area contributed by atoms with E-state index in [1.54, 1.807) is 35.1 Å². The molecule has 0 radical (unpaired) electrons. The molecule has 0 saturated heterocycles. The van der Waals surface area contributed by atoms with Crippen molar-refractivity contribution in [1.82, 2.24) is 24.1 Å². The minimum atomic E-state index is -0.0970. The van der Waals surface area contributed by atoms with E-state index in [0.717, 1.165) is 27.7 Å². The Morgan fingerprint density at radius 3 is 2.70 bits per heavy atom. The highest BCUT2D eigenvalue weighted by molar-refractivity contribution is 7.98. The minimum absolute atomic E-state index is 0.0970. The highest BCUT2D eigenvalue weighted by Crippen LogP contribution is 2.35. The first-order valence-corrected chi connectivity index (χ1v) is 12.1. The highest BCUT2D eigenvalue weighted by atomic mass is 32.2. The van der Waals surface area contributed by atoms with E-state index < -0.39 is 0 Å². The summed E-state index contributed by atoms with van der Waals surface area (Å²) in [5, 5.41) is 9.68. The third kappa shape index (κ3) is 4.17. The van der Waals surface area contributed by atoms with E-state index in [2.05, 4.69) is 34.2 Å². The van der Waals surface area contributed by atoms with Crippen molar-refractivity contribution in [3.05, 3.63) is 87.3 Å². The molecule has 0 fully saturated rings.